The normalized spacial score (nSPS) is 11.3. The standard InChI is InChI=1S/C58H39NO/c1-2-12-45(13-3-1)53-17-6-8-19-56(53)59(52-34-29-44(30-35-52)50-31-36-55-54-18-7-9-20-57(54)60-58(55)39-50)51-32-27-42(28-33-51)41-21-23-43(24-22-41)47-15-10-16-48(37-47)49-26-25-40-11-4-5-14-46(40)38-49/h1-39H. The fraction of sp³-hybridized carbons (Fsp3) is 0. The summed E-state index contributed by atoms with van der Waals surface area (Å²) in [6.45, 7) is 0. The smallest absolute Gasteiger partial charge is 0.136 e. The van der Waals surface area contributed by atoms with Crippen molar-refractivity contribution in [2.75, 3.05) is 4.90 Å². The molecular formula is C58H39NO. The maximum absolute atomic E-state index is 6.24. The lowest BCUT2D eigenvalue weighted by atomic mass is 9.96. The maximum atomic E-state index is 6.24. The second-order valence-corrected chi connectivity index (χ2v) is 15.3. The van der Waals surface area contributed by atoms with Crippen LogP contribution in [-0.4, -0.2) is 0 Å². The molecule has 60 heavy (non-hydrogen) atoms. The van der Waals surface area contributed by atoms with E-state index in [9.17, 15) is 0 Å². The third-order valence-corrected chi connectivity index (χ3v) is 11.7. The minimum Gasteiger partial charge on any atom is -0.456 e. The van der Waals surface area contributed by atoms with Crippen molar-refractivity contribution in [3.63, 3.8) is 0 Å². The minimum absolute atomic E-state index is 0.900. The van der Waals surface area contributed by atoms with Gasteiger partial charge in [0.15, 0.2) is 0 Å². The van der Waals surface area contributed by atoms with Crippen LogP contribution in [0.15, 0.2) is 241 Å². The molecule has 0 N–H and O–H groups in total. The van der Waals surface area contributed by atoms with E-state index in [2.05, 4.69) is 229 Å². The van der Waals surface area contributed by atoms with Crippen LogP contribution in [0.5, 0.6) is 0 Å². The van der Waals surface area contributed by atoms with E-state index < -0.39 is 0 Å². The molecule has 1 aromatic heterocycles. The number of benzene rings is 10. The third kappa shape index (κ3) is 6.61. The van der Waals surface area contributed by atoms with Crippen molar-refractivity contribution in [3.8, 4) is 55.6 Å². The van der Waals surface area contributed by atoms with Crippen LogP contribution in [0.2, 0.25) is 0 Å². The summed E-state index contributed by atoms with van der Waals surface area (Å²) < 4.78 is 6.24. The summed E-state index contributed by atoms with van der Waals surface area (Å²) in [7, 11) is 0. The van der Waals surface area contributed by atoms with Gasteiger partial charge in [0.1, 0.15) is 11.2 Å². The first-order valence-electron chi connectivity index (χ1n) is 20.5. The Kier molecular flexibility index (Phi) is 8.87. The molecule has 0 saturated carbocycles. The molecule has 0 unspecified atom stereocenters. The molecule has 282 valence electrons. The molecule has 1 heterocycles. The van der Waals surface area contributed by atoms with Gasteiger partial charge in [-0.15, -0.1) is 0 Å². The zero-order chi connectivity index (χ0) is 39.8. The number of para-hydroxylation sites is 2. The Morgan fingerprint density at radius 1 is 0.267 bits per heavy atom. The van der Waals surface area contributed by atoms with E-state index in [1.165, 1.54) is 55.3 Å². The van der Waals surface area contributed by atoms with Gasteiger partial charge < -0.3 is 9.32 Å². The number of anilines is 3. The lowest BCUT2D eigenvalue weighted by molar-refractivity contribution is 0.669. The van der Waals surface area contributed by atoms with Crippen LogP contribution in [0.4, 0.5) is 17.1 Å². The number of hydrogen-bond acceptors (Lipinski definition) is 2. The molecule has 0 aliphatic carbocycles. The van der Waals surface area contributed by atoms with Crippen molar-refractivity contribution in [1.29, 1.82) is 0 Å². The van der Waals surface area contributed by atoms with Crippen molar-refractivity contribution in [3.05, 3.63) is 237 Å². The van der Waals surface area contributed by atoms with Gasteiger partial charge in [-0.05, 0) is 122 Å². The zero-order valence-corrected chi connectivity index (χ0v) is 32.9. The molecule has 11 aromatic rings. The van der Waals surface area contributed by atoms with Crippen molar-refractivity contribution < 1.29 is 4.42 Å². The summed E-state index contributed by atoms with van der Waals surface area (Å²) in [5.41, 5.74) is 16.9. The van der Waals surface area contributed by atoms with Gasteiger partial charge in [-0.25, -0.2) is 0 Å². The van der Waals surface area contributed by atoms with Crippen molar-refractivity contribution in [2.45, 2.75) is 0 Å². The highest BCUT2D eigenvalue weighted by Crippen LogP contribution is 2.42. The average Bonchev–Trinajstić information content (AvgIpc) is 3.71. The molecule has 0 bridgehead atoms. The minimum atomic E-state index is 0.900. The molecule has 0 fully saturated rings. The molecule has 0 spiro atoms. The topological polar surface area (TPSA) is 16.4 Å². The third-order valence-electron chi connectivity index (χ3n) is 11.7. The van der Waals surface area contributed by atoms with Crippen LogP contribution in [0, 0.1) is 0 Å². The van der Waals surface area contributed by atoms with Gasteiger partial charge in [-0.3, -0.25) is 0 Å². The zero-order valence-electron chi connectivity index (χ0n) is 32.9. The van der Waals surface area contributed by atoms with Gasteiger partial charge in [0.25, 0.3) is 0 Å². The van der Waals surface area contributed by atoms with Gasteiger partial charge in [0.05, 0.1) is 5.69 Å². The van der Waals surface area contributed by atoms with Gasteiger partial charge in [0.2, 0.25) is 0 Å². The number of nitrogens with zero attached hydrogens (tertiary/aromatic N) is 1. The van der Waals surface area contributed by atoms with Gasteiger partial charge in [-0.2, -0.15) is 0 Å². The molecule has 2 heteroatoms. The first kappa shape index (κ1) is 35.2. The van der Waals surface area contributed by atoms with Gasteiger partial charge in [-0.1, -0.05) is 176 Å². The lowest BCUT2D eigenvalue weighted by Crippen LogP contribution is -2.11. The largest absolute Gasteiger partial charge is 0.456 e. The molecule has 0 aliphatic rings. The highest BCUT2D eigenvalue weighted by molar-refractivity contribution is 6.06. The highest BCUT2D eigenvalue weighted by Gasteiger charge is 2.18. The highest BCUT2D eigenvalue weighted by atomic mass is 16.3. The molecule has 0 saturated heterocycles. The number of fused-ring (bicyclic) bond motifs is 4. The van der Waals surface area contributed by atoms with Gasteiger partial charge in [0, 0.05) is 27.7 Å². The molecule has 10 aromatic carbocycles. The molecule has 0 amide bonds. The van der Waals surface area contributed by atoms with E-state index in [1.807, 2.05) is 12.1 Å². The van der Waals surface area contributed by atoms with E-state index in [0.717, 1.165) is 50.1 Å². The predicted octanol–water partition coefficient (Wildman–Crippen LogP) is 16.5. The summed E-state index contributed by atoms with van der Waals surface area (Å²) >= 11 is 0. The first-order chi connectivity index (χ1) is 29.7. The monoisotopic (exact) mass is 765 g/mol. The predicted molar refractivity (Wildman–Crippen MR) is 253 cm³/mol. The van der Waals surface area contributed by atoms with E-state index in [0.29, 0.717) is 0 Å². The molecular weight excluding hydrogens is 727 g/mol. The summed E-state index contributed by atoms with van der Waals surface area (Å²) in [6, 6.07) is 84.9. The van der Waals surface area contributed by atoms with Crippen LogP contribution in [0.3, 0.4) is 0 Å². The quantitative estimate of drug-likeness (QED) is 0.153. The number of hydrogen-bond donors (Lipinski definition) is 0. The molecule has 11 rings (SSSR count). The van der Waals surface area contributed by atoms with Crippen molar-refractivity contribution in [1.82, 2.24) is 0 Å². The Labute approximate surface area is 349 Å². The van der Waals surface area contributed by atoms with Crippen LogP contribution in [-0.2, 0) is 0 Å². The average molecular weight is 766 g/mol. The Morgan fingerprint density at radius 2 is 0.750 bits per heavy atom. The SMILES string of the molecule is c1ccc(-c2ccccc2N(c2ccc(-c3ccc(-c4cccc(-c5ccc6ccccc6c5)c4)cc3)cc2)c2ccc(-c3ccc4c(c3)oc3ccccc34)cc2)cc1. The fourth-order valence-corrected chi connectivity index (χ4v) is 8.57. The Bertz CT molecular complexity index is 3290. The van der Waals surface area contributed by atoms with E-state index in [-0.39, 0.29) is 0 Å². The van der Waals surface area contributed by atoms with E-state index >= 15 is 0 Å². The summed E-state index contributed by atoms with van der Waals surface area (Å²) in [4.78, 5) is 2.37. The summed E-state index contributed by atoms with van der Waals surface area (Å²) in [6.07, 6.45) is 0. The van der Waals surface area contributed by atoms with Crippen molar-refractivity contribution >= 4 is 49.8 Å². The molecule has 2 nitrogen and oxygen atoms in total. The Hall–Kier alpha value is -7.94. The van der Waals surface area contributed by atoms with E-state index in [1.54, 1.807) is 0 Å². The second kappa shape index (κ2) is 15.1. The fourth-order valence-electron chi connectivity index (χ4n) is 8.57. The molecule has 0 radical (unpaired) electrons. The van der Waals surface area contributed by atoms with Crippen LogP contribution in [0.25, 0.3) is 88.3 Å². The second-order valence-electron chi connectivity index (χ2n) is 15.3. The maximum Gasteiger partial charge on any atom is 0.136 e. The Morgan fingerprint density at radius 3 is 1.48 bits per heavy atom. The summed E-state index contributed by atoms with van der Waals surface area (Å²) in [5, 5.41) is 4.79. The first-order valence-corrected chi connectivity index (χ1v) is 20.5. The molecule has 0 atom stereocenters. The Balaban J connectivity index is 0.911. The van der Waals surface area contributed by atoms with Crippen molar-refractivity contribution in [2.24, 2.45) is 0 Å². The van der Waals surface area contributed by atoms with Crippen LogP contribution >= 0.6 is 0 Å². The summed E-state index contributed by atoms with van der Waals surface area (Å²) in [5.74, 6) is 0. The van der Waals surface area contributed by atoms with Crippen LogP contribution < -0.4 is 4.90 Å². The molecule has 0 aliphatic heterocycles. The van der Waals surface area contributed by atoms with Crippen LogP contribution in [0.1, 0.15) is 0 Å². The van der Waals surface area contributed by atoms with E-state index in [4.69, 9.17) is 4.42 Å². The van der Waals surface area contributed by atoms with Gasteiger partial charge >= 0.3 is 0 Å². The number of furan rings is 1. The lowest BCUT2D eigenvalue weighted by Gasteiger charge is -2.28. The number of rotatable bonds is 8.